The second-order valence-corrected chi connectivity index (χ2v) is 4.29. The third-order valence-corrected chi connectivity index (χ3v) is 3.16. The Morgan fingerprint density at radius 1 is 0.833 bits per heavy atom. The van der Waals surface area contributed by atoms with Crippen molar-refractivity contribution in [3.63, 3.8) is 0 Å². The molecule has 0 radical (unpaired) electrons. The summed E-state index contributed by atoms with van der Waals surface area (Å²) in [6.07, 6.45) is 2.76. The van der Waals surface area contributed by atoms with E-state index < -0.39 is 0 Å². The van der Waals surface area contributed by atoms with Gasteiger partial charge < -0.3 is 0 Å². The highest BCUT2D eigenvalue weighted by Gasteiger charge is 2.25. The van der Waals surface area contributed by atoms with Crippen molar-refractivity contribution < 1.29 is 0 Å². The normalized spacial score (nSPS) is 13.2. The molecule has 2 aromatic carbocycles. The zero-order valence-corrected chi connectivity index (χ0v) is 12.5. The first-order valence-corrected chi connectivity index (χ1v) is 7.34. The SMILES string of the molecule is CC.CC.Cc1cccc2cccc(C3CC3)c12. The van der Waals surface area contributed by atoms with Crippen molar-refractivity contribution in [3.8, 4) is 0 Å². The number of fused-ring (bicyclic) bond motifs is 1. The van der Waals surface area contributed by atoms with Crippen LogP contribution in [0.4, 0.5) is 0 Å². The second-order valence-electron chi connectivity index (χ2n) is 4.29. The molecule has 0 unspecified atom stereocenters. The van der Waals surface area contributed by atoms with E-state index in [2.05, 4.69) is 43.3 Å². The Balaban J connectivity index is 0.000000371. The van der Waals surface area contributed by atoms with Crippen LogP contribution >= 0.6 is 0 Å². The smallest absolute Gasteiger partial charge is 0.0120 e. The van der Waals surface area contributed by atoms with E-state index in [-0.39, 0.29) is 0 Å². The third kappa shape index (κ3) is 3.13. The summed E-state index contributed by atoms with van der Waals surface area (Å²) in [5, 5.41) is 2.90. The fraction of sp³-hybridized carbons (Fsp3) is 0.444. The van der Waals surface area contributed by atoms with Crippen LogP contribution in [0.5, 0.6) is 0 Å². The predicted octanol–water partition coefficient (Wildman–Crippen LogP) is 6.08. The van der Waals surface area contributed by atoms with Gasteiger partial charge in [-0.15, -0.1) is 0 Å². The van der Waals surface area contributed by atoms with Crippen LogP contribution in [-0.4, -0.2) is 0 Å². The lowest BCUT2D eigenvalue weighted by molar-refractivity contribution is 1.15. The molecule has 3 rings (SSSR count). The average molecular weight is 242 g/mol. The van der Waals surface area contributed by atoms with Crippen LogP contribution in [0.15, 0.2) is 36.4 Å². The fourth-order valence-electron chi connectivity index (χ4n) is 2.30. The summed E-state index contributed by atoms with van der Waals surface area (Å²) in [5.74, 6) is 0.847. The van der Waals surface area contributed by atoms with Crippen molar-refractivity contribution in [1.82, 2.24) is 0 Å². The van der Waals surface area contributed by atoms with E-state index in [0.29, 0.717) is 0 Å². The molecule has 0 heteroatoms. The summed E-state index contributed by atoms with van der Waals surface area (Å²) in [5.41, 5.74) is 2.99. The minimum absolute atomic E-state index is 0.847. The lowest BCUT2D eigenvalue weighted by atomic mass is 9.97. The van der Waals surface area contributed by atoms with Gasteiger partial charge in [-0.05, 0) is 47.6 Å². The molecule has 0 nitrogen and oxygen atoms in total. The summed E-state index contributed by atoms with van der Waals surface area (Å²) in [6, 6.07) is 13.3. The predicted molar refractivity (Wildman–Crippen MR) is 83.4 cm³/mol. The first-order valence-electron chi connectivity index (χ1n) is 7.34. The summed E-state index contributed by atoms with van der Waals surface area (Å²) < 4.78 is 0. The van der Waals surface area contributed by atoms with E-state index >= 15 is 0 Å². The Labute approximate surface area is 112 Å². The van der Waals surface area contributed by atoms with E-state index in [1.54, 1.807) is 5.56 Å². The maximum Gasteiger partial charge on any atom is -0.0120 e. The van der Waals surface area contributed by atoms with Gasteiger partial charge in [0.2, 0.25) is 0 Å². The molecule has 18 heavy (non-hydrogen) atoms. The van der Waals surface area contributed by atoms with Crippen LogP contribution < -0.4 is 0 Å². The van der Waals surface area contributed by atoms with Gasteiger partial charge in [-0.3, -0.25) is 0 Å². The van der Waals surface area contributed by atoms with E-state index in [1.807, 2.05) is 27.7 Å². The topological polar surface area (TPSA) is 0 Å². The van der Waals surface area contributed by atoms with Crippen LogP contribution in [0.1, 0.15) is 57.6 Å². The molecule has 0 bridgehead atoms. The third-order valence-electron chi connectivity index (χ3n) is 3.16. The maximum absolute atomic E-state index is 2.30. The molecule has 1 aliphatic carbocycles. The van der Waals surface area contributed by atoms with Crippen molar-refractivity contribution >= 4 is 10.8 Å². The first kappa shape index (κ1) is 14.8. The Hall–Kier alpha value is -1.30. The summed E-state index contributed by atoms with van der Waals surface area (Å²) in [6.45, 7) is 10.2. The van der Waals surface area contributed by atoms with Crippen LogP contribution in [0.25, 0.3) is 10.8 Å². The van der Waals surface area contributed by atoms with Crippen molar-refractivity contribution in [2.24, 2.45) is 0 Å². The van der Waals surface area contributed by atoms with E-state index in [0.717, 1.165) is 5.92 Å². The zero-order chi connectivity index (χ0) is 13.5. The molecule has 1 saturated carbocycles. The van der Waals surface area contributed by atoms with Gasteiger partial charge in [0.25, 0.3) is 0 Å². The molecule has 98 valence electrons. The summed E-state index contributed by atoms with van der Waals surface area (Å²) in [7, 11) is 0. The molecule has 0 aromatic heterocycles. The molecule has 0 amide bonds. The van der Waals surface area contributed by atoms with Crippen molar-refractivity contribution in [1.29, 1.82) is 0 Å². The van der Waals surface area contributed by atoms with E-state index in [4.69, 9.17) is 0 Å². The van der Waals surface area contributed by atoms with Gasteiger partial charge in [0.1, 0.15) is 0 Å². The highest BCUT2D eigenvalue weighted by atomic mass is 14.3. The molecular formula is C18H26. The Bertz CT molecular complexity index is 473. The lowest BCUT2D eigenvalue weighted by Crippen LogP contribution is -1.85. The Morgan fingerprint density at radius 2 is 1.39 bits per heavy atom. The molecule has 0 spiro atoms. The fourth-order valence-corrected chi connectivity index (χ4v) is 2.30. The van der Waals surface area contributed by atoms with Gasteiger partial charge in [0.05, 0.1) is 0 Å². The second kappa shape index (κ2) is 7.20. The average Bonchev–Trinajstić information content (AvgIpc) is 3.27. The van der Waals surface area contributed by atoms with Crippen molar-refractivity contribution in [2.75, 3.05) is 0 Å². The highest BCUT2D eigenvalue weighted by molar-refractivity contribution is 5.89. The quantitative estimate of drug-likeness (QED) is 0.568. The van der Waals surface area contributed by atoms with Gasteiger partial charge in [-0.1, -0.05) is 64.1 Å². The van der Waals surface area contributed by atoms with Gasteiger partial charge in [0.15, 0.2) is 0 Å². The molecule has 2 aromatic rings. The maximum atomic E-state index is 2.30. The molecule has 0 N–H and O–H groups in total. The van der Waals surface area contributed by atoms with Crippen LogP contribution in [0.2, 0.25) is 0 Å². The molecule has 0 heterocycles. The molecule has 1 aliphatic rings. The Kier molecular flexibility index (Phi) is 5.91. The lowest BCUT2D eigenvalue weighted by Gasteiger charge is -2.07. The first-order chi connectivity index (χ1) is 8.86. The minimum atomic E-state index is 0.847. The highest BCUT2D eigenvalue weighted by Crippen LogP contribution is 2.43. The van der Waals surface area contributed by atoms with E-state index in [1.165, 1.54) is 29.2 Å². The molecular weight excluding hydrogens is 216 g/mol. The largest absolute Gasteiger partial charge is 0.0683 e. The molecule has 0 saturated heterocycles. The van der Waals surface area contributed by atoms with Gasteiger partial charge in [0, 0.05) is 0 Å². The summed E-state index contributed by atoms with van der Waals surface area (Å²) >= 11 is 0. The Morgan fingerprint density at radius 3 is 1.94 bits per heavy atom. The van der Waals surface area contributed by atoms with Crippen LogP contribution in [-0.2, 0) is 0 Å². The molecule has 0 atom stereocenters. The number of benzene rings is 2. The number of hydrogen-bond donors (Lipinski definition) is 0. The van der Waals surface area contributed by atoms with Crippen molar-refractivity contribution in [2.45, 2.75) is 53.4 Å². The van der Waals surface area contributed by atoms with Gasteiger partial charge in [-0.2, -0.15) is 0 Å². The number of aryl methyl sites for hydroxylation is 1. The number of hydrogen-bond acceptors (Lipinski definition) is 0. The monoisotopic (exact) mass is 242 g/mol. The van der Waals surface area contributed by atoms with E-state index in [9.17, 15) is 0 Å². The van der Waals surface area contributed by atoms with Crippen LogP contribution in [0, 0.1) is 6.92 Å². The minimum Gasteiger partial charge on any atom is -0.0683 e. The molecule has 1 fully saturated rings. The molecule has 0 aliphatic heterocycles. The standard InChI is InChI=1S/C14H14.2C2H6/c1-10-4-2-5-12-6-3-7-13(14(10)12)11-8-9-11;2*1-2/h2-7,11H,8-9H2,1H3;2*1-2H3. The number of rotatable bonds is 1. The van der Waals surface area contributed by atoms with Crippen molar-refractivity contribution in [3.05, 3.63) is 47.5 Å². The zero-order valence-electron chi connectivity index (χ0n) is 12.5. The van der Waals surface area contributed by atoms with Gasteiger partial charge >= 0.3 is 0 Å². The van der Waals surface area contributed by atoms with Gasteiger partial charge in [-0.25, -0.2) is 0 Å². The van der Waals surface area contributed by atoms with Crippen LogP contribution in [0.3, 0.4) is 0 Å². The summed E-state index contributed by atoms with van der Waals surface area (Å²) in [4.78, 5) is 0.